The quantitative estimate of drug-likeness (QED) is 0.344. The van der Waals surface area contributed by atoms with Gasteiger partial charge >= 0.3 is 0 Å². The standard InChI is InChI=1S/C26H29N3O6S2/c1-15(19-10-7-11-20(12-19)23(32)18-8-5-4-6-9-18)25(34)36-14-22(29-17(3)31)26(35)37-13-21(24(27)33)28-16(2)30/h4-12,15,21-22H,13-14H2,1-3H3,(H2,27,33)(H,28,30)(H,29,31). The molecule has 3 unspecified atom stereocenters. The summed E-state index contributed by atoms with van der Waals surface area (Å²) in [6.07, 6.45) is 0. The lowest BCUT2D eigenvalue weighted by Gasteiger charge is -2.19. The lowest BCUT2D eigenvalue weighted by molar-refractivity contribution is -0.125. The van der Waals surface area contributed by atoms with E-state index in [9.17, 15) is 28.8 Å². The van der Waals surface area contributed by atoms with E-state index in [0.29, 0.717) is 16.7 Å². The zero-order valence-corrected chi connectivity index (χ0v) is 22.3. The van der Waals surface area contributed by atoms with Crippen LogP contribution in [0.4, 0.5) is 0 Å². The van der Waals surface area contributed by atoms with Gasteiger partial charge in [-0.15, -0.1) is 0 Å². The Balaban J connectivity index is 2.04. The maximum Gasteiger partial charge on any atom is 0.240 e. The first-order valence-electron chi connectivity index (χ1n) is 11.4. The van der Waals surface area contributed by atoms with Crippen LogP contribution in [0.5, 0.6) is 0 Å². The molecule has 196 valence electrons. The molecule has 37 heavy (non-hydrogen) atoms. The molecule has 2 aromatic rings. The number of carbonyl (C=O) groups is 6. The summed E-state index contributed by atoms with van der Waals surface area (Å²) in [5.41, 5.74) is 6.91. The number of hydrogen-bond donors (Lipinski definition) is 3. The number of amides is 3. The van der Waals surface area contributed by atoms with E-state index in [0.717, 1.165) is 23.5 Å². The van der Waals surface area contributed by atoms with Crippen molar-refractivity contribution in [3.8, 4) is 0 Å². The van der Waals surface area contributed by atoms with Gasteiger partial charge in [-0.2, -0.15) is 0 Å². The van der Waals surface area contributed by atoms with Crippen molar-refractivity contribution >= 4 is 57.3 Å². The van der Waals surface area contributed by atoms with Crippen molar-refractivity contribution in [1.29, 1.82) is 0 Å². The topological polar surface area (TPSA) is 152 Å². The number of nitrogens with two attached hydrogens (primary N) is 1. The van der Waals surface area contributed by atoms with Crippen LogP contribution in [0.15, 0.2) is 54.6 Å². The highest BCUT2D eigenvalue weighted by Crippen LogP contribution is 2.25. The molecule has 11 heteroatoms. The second kappa shape index (κ2) is 14.3. The monoisotopic (exact) mass is 543 g/mol. The Labute approximate surface area is 223 Å². The van der Waals surface area contributed by atoms with E-state index >= 15 is 0 Å². The fraction of sp³-hybridized carbons (Fsp3) is 0.308. The van der Waals surface area contributed by atoms with Crippen molar-refractivity contribution in [2.24, 2.45) is 5.73 Å². The SMILES string of the molecule is CC(=O)NC(CSC(=O)C(CSC(=O)C(C)c1cccc(C(=O)c2ccccc2)c1)NC(C)=O)C(N)=O. The lowest BCUT2D eigenvalue weighted by atomic mass is 9.96. The van der Waals surface area contributed by atoms with Gasteiger partial charge in [-0.1, -0.05) is 79.0 Å². The molecule has 9 nitrogen and oxygen atoms in total. The summed E-state index contributed by atoms with van der Waals surface area (Å²) < 4.78 is 0. The highest BCUT2D eigenvalue weighted by Gasteiger charge is 2.26. The van der Waals surface area contributed by atoms with Crippen LogP contribution in [-0.2, 0) is 24.0 Å². The van der Waals surface area contributed by atoms with Crippen molar-refractivity contribution in [3.63, 3.8) is 0 Å². The van der Waals surface area contributed by atoms with Crippen molar-refractivity contribution in [3.05, 3.63) is 71.3 Å². The van der Waals surface area contributed by atoms with Crippen LogP contribution in [0.2, 0.25) is 0 Å². The number of rotatable bonds is 12. The third-order valence-electron chi connectivity index (χ3n) is 5.21. The van der Waals surface area contributed by atoms with Gasteiger partial charge in [-0.25, -0.2) is 0 Å². The highest BCUT2D eigenvalue weighted by atomic mass is 32.2. The van der Waals surface area contributed by atoms with E-state index in [-0.39, 0.29) is 22.4 Å². The van der Waals surface area contributed by atoms with Crippen molar-refractivity contribution in [2.45, 2.75) is 38.8 Å². The number of primary amides is 1. The molecule has 4 N–H and O–H groups in total. The Morgan fingerprint density at radius 1 is 0.757 bits per heavy atom. The Morgan fingerprint density at radius 3 is 1.89 bits per heavy atom. The van der Waals surface area contributed by atoms with Crippen LogP contribution in [0, 0.1) is 0 Å². The van der Waals surface area contributed by atoms with Crippen LogP contribution in [0.3, 0.4) is 0 Å². The molecule has 2 rings (SSSR count). The maximum atomic E-state index is 12.9. The minimum absolute atomic E-state index is 0.0292. The molecule has 0 saturated carbocycles. The van der Waals surface area contributed by atoms with E-state index in [1.807, 2.05) is 6.07 Å². The minimum Gasteiger partial charge on any atom is -0.368 e. The van der Waals surface area contributed by atoms with Crippen LogP contribution >= 0.6 is 23.5 Å². The molecule has 0 fully saturated rings. The van der Waals surface area contributed by atoms with Crippen LogP contribution < -0.4 is 16.4 Å². The smallest absolute Gasteiger partial charge is 0.240 e. The predicted octanol–water partition coefficient (Wildman–Crippen LogP) is 2.04. The number of carbonyl (C=O) groups excluding carboxylic acids is 6. The zero-order chi connectivity index (χ0) is 27.5. The molecular formula is C26H29N3O6S2. The first-order valence-corrected chi connectivity index (χ1v) is 13.3. The Kier molecular flexibility index (Phi) is 11.5. The van der Waals surface area contributed by atoms with E-state index in [4.69, 9.17) is 5.73 Å². The molecule has 0 aliphatic rings. The molecular weight excluding hydrogens is 514 g/mol. The Morgan fingerprint density at radius 2 is 1.30 bits per heavy atom. The fourth-order valence-electron chi connectivity index (χ4n) is 3.25. The van der Waals surface area contributed by atoms with Gasteiger partial charge in [0.15, 0.2) is 10.9 Å². The molecule has 0 heterocycles. The van der Waals surface area contributed by atoms with E-state index in [1.54, 1.807) is 55.5 Å². The first kappa shape index (κ1) is 29.8. The Hall–Kier alpha value is -3.44. The molecule has 2 aromatic carbocycles. The van der Waals surface area contributed by atoms with Gasteiger partial charge in [0.25, 0.3) is 0 Å². The van der Waals surface area contributed by atoms with E-state index in [2.05, 4.69) is 10.6 Å². The molecule has 0 aliphatic carbocycles. The molecule has 0 bridgehead atoms. The fourth-order valence-corrected chi connectivity index (χ4v) is 5.23. The summed E-state index contributed by atoms with van der Waals surface area (Å²) in [4.78, 5) is 72.8. The molecule has 3 amide bonds. The van der Waals surface area contributed by atoms with Crippen molar-refractivity contribution < 1.29 is 28.8 Å². The van der Waals surface area contributed by atoms with Gasteiger partial charge in [0.1, 0.15) is 12.1 Å². The average molecular weight is 544 g/mol. The van der Waals surface area contributed by atoms with Crippen LogP contribution in [0.25, 0.3) is 0 Å². The zero-order valence-electron chi connectivity index (χ0n) is 20.7. The molecule has 0 spiro atoms. The number of benzene rings is 2. The first-order chi connectivity index (χ1) is 17.5. The lowest BCUT2D eigenvalue weighted by Crippen LogP contribution is -2.46. The normalized spacial score (nSPS) is 13.1. The number of nitrogens with one attached hydrogen (secondary N) is 2. The molecule has 3 atom stereocenters. The van der Waals surface area contributed by atoms with Gasteiger partial charge in [-0.05, 0) is 11.6 Å². The molecule has 0 radical (unpaired) electrons. The summed E-state index contributed by atoms with van der Waals surface area (Å²) in [5, 5.41) is 4.16. The maximum absolute atomic E-state index is 12.9. The summed E-state index contributed by atoms with van der Waals surface area (Å²) in [6.45, 7) is 4.17. The van der Waals surface area contributed by atoms with Crippen LogP contribution in [-0.4, -0.2) is 57.3 Å². The number of thioether (sulfide) groups is 2. The van der Waals surface area contributed by atoms with E-state index < -0.39 is 40.8 Å². The van der Waals surface area contributed by atoms with Gasteiger partial charge in [0, 0.05) is 36.5 Å². The summed E-state index contributed by atoms with van der Waals surface area (Å²) in [7, 11) is 0. The molecule has 0 aliphatic heterocycles. The van der Waals surface area contributed by atoms with E-state index in [1.165, 1.54) is 13.8 Å². The number of ketones is 1. The van der Waals surface area contributed by atoms with Gasteiger partial charge in [0.05, 0.1) is 5.92 Å². The van der Waals surface area contributed by atoms with Crippen molar-refractivity contribution in [2.75, 3.05) is 11.5 Å². The van der Waals surface area contributed by atoms with Crippen molar-refractivity contribution in [1.82, 2.24) is 10.6 Å². The molecule has 0 saturated heterocycles. The highest BCUT2D eigenvalue weighted by molar-refractivity contribution is 8.15. The molecule has 0 aromatic heterocycles. The third-order valence-corrected chi connectivity index (χ3v) is 7.41. The second-order valence-electron chi connectivity index (χ2n) is 8.21. The third kappa shape index (κ3) is 9.51. The number of hydrogen-bond acceptors (Lipinski definition) is 8. The summed E-state index contributed by atoms with van der Waals surface area (Å²) in [5.74, 6) is -2.59. The van der Waals surface area contributed by atoms with Gasteiger partial charge in [-0.3, -0.25) is 28.8 Å². The van der Waals surface area contributed by atoms with Crippen LogP contribution in [0.1, 0.15) is 48.2 Å². The Bertz CT molecular complexity index is 1170. The second-order valence-corrected chi connectivity index (χ2v) is 10.3. The largest absolute Gasteiger partial charge is 0.368 e. The van der Waals surface area contributed by atoms with Gasteiger partial charge in [0.2, 0.25) is 22.8 Å². The van der Waals surface area contributed by atoms with Gasteiger partial charge < -0.3 is 16.4 Å². The predicted molar refractivity (Wildman–Crippen MR) is 144 cm³/mol. The summed E-state index contributed by atoms with van der Waals surface area (Å²) >= 11 is 1.62. The average Bonchev–Trinajstić information content (AvgIpc) is 2.87. The minimum atomic E-state index is -1.05. The summed E-state index contributed by atoms with van der Waals surface area (Å²) in [6, 6.07) is 13.6.